The van der Waals surface area contributed by atoms with Gasteiger partial charge in [-0.1, -0.05) is 18.1 Å². The minimum Gasteiger partial charge on any atom is -0.258 e. The number of hydrogen-bond acceptors (Lipinski definition) is 2. The number of alkyl halides is 3. The van der Waals surface area contributed by atoms with Crippen LogP contribution in [0.1, 0.15) is 11.1 Å². The van der Waals surface area contributed by atoms with E-state index in [1.165, 1.54) is 30.3 Å². The van der Waals surface area contributed by atoms with Gasteiger partial charge < -0.3 is 0 Å². The summed E-state index contributed by atoms with van der Waals surface area (Å²) in [7, 11) is 0. The molecule has 3 nitrogen and oxygen atoms in total. The van der Waals surface area contributed by atoms with Gasteiger partial charge in [0.1, 0.15) is 5.56 Å². The predicted octanol–water partition coefficient (Wildman–Crippen LogP) is 4.26. The lowest BCUT2D eigenvalue weighted by molar-refractivity contribution is -0.385. The van der Waals surface area contributed by atoms with Crippen LogP contribution in [0.3, 0.4) is 0 Å². The summed E-state index contributed by atoms with van der Waals surface area (Å²) in [5.41, 5.74) is -0.348. The molecule has 0 amide bonds. The Morgan fingerprint density at radius 2 is 1.76 bits per heavy atom. The Hall–Kier alpha value is -2.81. The van der Waals surface area contributed by atoms with Crippen molar-refractivity contribution in [1.82, 2.24) is 0 Å². The normalized spacial score (nSPS) is 11.0. The molecular weight excluding hydrogens is 283 g/mol. The molecule has 0 aliphatic carbocycles. The second kappa shape index (κ2) is 5.29. The van der Waals surface area contributed by atoms with E-state index in [-0.39, 0.29) is 16.8 Å². The fourth-order valence-electron chi connectivity index (χ4n) is 1.87. The van der Waals surface area contributed by atoms with Gasteiger partial charge in [-0.2, -0.15) is 13.2 Å². The summed E-state index contributed by atoms with van der Waals surface area (Å²) in [6, 6.07) is 8.57. The highest BCUT2D eigenvalue weighted by molar-refractivity contribution is 5.69. The maximum atomic E-state index is 12.7. The van der Waals surface area contributed by atoms with Crippen LogP contribution in [-0.2, 0) is 6.18 Å². The second-order valence-electron chi connectivity index (χ2n) is 4.21. The van der Waals surface area contributed by atoms with Gasteiger partial charge in [0.25, 0.3) is 5.69 Å². The van der Waals surface area contributed by atoms with Gasteiger partial charge in [0.15, 0.2) is 0 Å². The minimum atomic E-state index is -4.45. The van der Waals surface area contributed by atoms with Gasteiger partial charge in [-0.15, -0.1) is 6.42 Å². The van der Waals surface area contributed by atoms with E-state index in [0.717, 1.165) is 12.1 Å². The molecule has 0 aromatic heterocycles. The van der Waals surface area contributed by atoms with Crippen LogP contribution < -0.4 is 0 Å². The van der Waals surface area contributed by atoms with Gasteiger partial charge in [-0.3, -0.25) is 10.1 Å². The van der Waals surface area contributed by atoms with Gasteiger partial charge in [0.2, 0.25) is 0 Å². The molecule has 0 bridgehead atoms. The van der Waals surface area contributed by atoms with Crippen molar-refractivity contribution in [2.75, 3.05) is 0 Å². The van der Waals surface area contributed by atoms with E-state index in [2.05, 4.69) is 5.92 Å². The zero-order valence-electron chi connectivity index (χ0n) is 10.5. The topological polar surface area (TPSA) is 43.1 Å². The van der Waals surface area contributed by atoms with Gasteiger partial charge in [0, 0.05) is 6.07 Å². The molecule has 0 spiro atoms. The van der Waals surface area contributed by atoms with E-state index in [4.69, 9.17) is 6.42 Å². The number of halogens is 3. The first-order valence-corrected chi connectivity index (χ1v) is 5.75. The summed E-state index contributed by atoms with van der Waals surface area (Å²) in [6.07, 6.45) is 0.747. The van der Waals surface area contributed by atoms with Crippen LogP contribution in [0, 0.1) is 22.5 Å². The van der Waals surface area contributed by atoms with Gasteiger partial charge in [0.05, 0.1) is 10.5 Å². The van der Waals surface area contributed by atoms with Crippen molar-refractivity contribution in [2.24, 2.45) is 0 Å². The third-order valence-corrected chi connectivity index (χ3v) is 2.87. The molecule has 0 aliphatic heterocycles. The van der Waals surface area contributed by atoms with Gasteiger partial charge in [-0.05, 0) is 35.4 Å². The van der Waals surface area contributed by atoms with Crippen LogP contribution in [0.4, 0.5) is 18.9 Å². The Kier molecular flexibility index (Phi) is 3.68. The first-order chi connectivity index (χ1) is 9.82. The number of terminal acetylenes is 1. The van der Waals surface area contributed by atoms with E-state index in [1.54, 1.807) is 0 Å². The second-order valence-corrected chi connectivity index (χ2v) is 4.21. The lowest BCUT2D eigenvalue weighted by atomic mass is 10.00. The number of nitrogens with zero attached hydrogens (tertiary/aromatic N) is 1. The summed E-state index contributed by atoms with van der Waals surface area (Å²) in [6.45, 7) is 0. The van der Waals surface area contributed by atoms with Crippen LogP contribution in [0.5, 0.6) is 0 Å². The average Bonchev–Trinajstić information content (AvgIpc) is 2.45. The van der Waals surface area contributed by atoms with E-state index >= 15 is 0 Å². The number of hydrogen-bond donors (Lipinski definition) is 0. The van der Waals surface area contributed by atoms with Crippen molar-refractivity contribution >= 4 is 5.69 Å². The largest absolute Gasteiger partial charge is 0.416 e. The van der Waals surface area contributed by atoms with Crippen molar-refractivity contribution in [1.29, 1.82) is 0 Å². The average molecular weight is 291 g/mol. The van der Waals surface area contributed by atoms with Crippen LogP contribution in [0.15, 0.2) is 42.5 Å². The Bertz CT molecular complexity index is 745. The Morgan fingerprint density at radius 3 is 2.33 bits per heavy atom. The molecule has 0 saturated heterocycles. The molecular formula is C15H8F3NO2. The van der Waals surface area contributed by atoms with Crippen molar-refractivity contribution in [3.8, 4) is 23.5 Å². The molecule has 6 heteroatoms. The van der Waals surface area contributed by atoms with Crippen molar-refractivity contribution in [2.45, 2.75) is 6.18 Å². The Morgan fingerprint density at radius 1 is 1.10 bits per heavy atom. The van der Waals surface area contributed by atoms with Crippen LogP contribution in [-0.4, -0.2) is 4.92 Å². The maximum Gasteiger partial charge on any atom is 0.416 e. The number of rotatable bonds is 2. The molecule has 2 rings (SSSR count). The lowest BCUT2D eigenvalue weighted by Crippen LogP contribution is -2.04. The molecule has 0 atom stereocenters. The van der Waals surface area contributed by atoms with E-state index in [9.17, 15) is 23.3 Å². The Balaban J connectivity index is 2.53. The van der Waals surface area contributed by atoms with Crippen molar-refractivity contribution in [3.63, 3.8) is 0 Å². The minimum absolute atomic E-state index is 0.0231. The summed E-state index contributed by atoms with van der Waals surface area (Å²) in [5.74, 6) is 2.17. The quantitative estimate of drug-likeness (QED) is 0.471. The maximum absolute atomic E-state index is 12.7. The molecule has 0 aliphatic rings. The predicted molar refractivity (Wildman–Crippen MR) is 71.5 cm³/mol. The Labute approximate surface area is 118 Å². The van der Waals surface area contributed by atoms with E-state index in [0.29, 0.717) is 5.56 Å². The first kappa shape index (κ1) is 14.6. The third-order valence-electron chi connectivity index (χ3n) is 2.87. The molecule has 0 radical (unpaired) electrons. The van der Waals surface area contributed by atoms with Crippen LogP contribution in [0.25, 0.3) is 11.1 Å². The molecule has 21 heavy (non-hydrogen) atoms. The van der Waals surface area contributed by atoms with Crippen molar-refractivity contribution < 1.29 is 18.1 Å². The summed E-state index contributed by atoms with van der Waals surface area (Å²) < 4.78 is 38.0. The van der Waals surface area contributed by atoms with Gasteiger partial charge >= 0.3 is 6.18 Å². The number of benzene rings is 2. The molecule has 2 aromatic carbocycles. The first-order valence-electron chi connectivity index (χ1n) is 5.75. The standard InChI is InChI=1S/C15H8F3NO2/c1-2-10-8-12(6-7-14(10)19(20)21)11-4-3-5-13(9-11)15(16,17)18/h1,3-9H. The number of nitro benzene ring substituents is 1. The zero-order valence-corrected chi connectivity index (χ0v) is 10.5. The highest BCUT2D eigenvalue weighted by Gasteiger charge is 2.30. The van der Waals surface area contributed by atoms with Crippen LogP contribution >= 0.6 is 0 Å². The molecule has 2 aromatic rings. The molecule has 106 valence electrons. The molecule has 0 unspecified atom stereocenters. The molecule has 0 fully saturated rings. The summed E-state index contributed by atoms with van der Waals surface area (Å²) in [4.78, 5) is 10.1. The smallest absolute Gasteiger partial charge is 0.258 e. The fourth-order valence-corrected chi connectivity index (χ4v) is 1.87. The summed E-state index contributed by atoms with van der Waals surface area (Å²) >= 11 is 0. The SMILES string of the molecule is C#Cc1cc(-c2cccc(C(F)(F)F)c2)ccc1[N+](=O)[O-]. The summed E-state index contributed by atoms with van der Waals surface area (Å²) in [5, 5.41) is 10.8. The highest BCUT2D eigenvalue weighted by Crippen LogP contribution is 2.33. The van der Waals surface area contributed by atoms with Gasteiger partial charge in [-0.25, -0.2) is 0 Å². The molecule has 0 N–H and O–H groups in total. The van der Waals surface area contributed by atoms with Crippen molar-refractivity contribution in [3.05, 3.63) is 63.7 Å². The lowest BCUT2D eigenvalue weighted by Gasteiger charge is -2.09. The van der Waals surface area contributed by atoms with E-state index < -0.39 is 16.7 Å². The number of nitro groups is 1. The van der Waals surface area contributed by atoms with E-state index in [1.807, 2.05) is 0 Å². The van der Waals surface area contributed by atoms with Crippen LogP contribution in [0.2, 0.25) is 0 Å². The monoisotopic (exact) mass is 291 g/mol. The third kappa shape index (κ3) is 3.03. The fraction of sp³-hybridized carbons (Fsp3) is 0.0667. The molecule has 0 saturated carbocycles. The zero-order chi connectivity index (χ0) is 15.6. The highest BCUT2D eigenvalue weighted by atomic mass is 19.4. The molecule has 0 heterocycles.